The maximum absolute atomic E-state index is 14.3. The van der Waals surface area contributed by atoms with Gasteiger partial charge in [-0.15, -0.1) is 21.0 Å². The summed E-state index contributed by atoms with van der Waals surface area (Å²) < 4.78 is 42.2. The third kappa shape index (κ3) is 3.66. The van der Waals surface area contributed by atoms with Gasteiger partial charge in [0.2, 0.25) is 0 Å². The Bertz CT molecular complexity index is 470. The number of rotatable bonds is 1. The molecule has 0 saturated carbocycles. The monoisotopic (exact) mass is 308 g/mol. The molecule has 0 fully saturated rings. The molecular weight excluding hydrogens is 288 g/mol. The Balaban J connectivity index is 3.57. The number of benzene rings is 1. The Morgan fingerprint density at radius 2 is 1.32 bits per heavy atom. The highest BCUT2D eigenvalue weighted by atomic mass is 32.2. The lowest BCUT2D eigenvalue weighted by Crippen LogP contribution is -2.26. The van der Waals surface area contributed by atoms with Crippen LogP contribution in [0.4, 0.5) is 13.2 Å². The molecule has 1 rings (SSSR count). The molecule has 19 heavy (non-hydrogen) atoms. The van der Waals surface area contributed by atoms with Crippen LogP contribution in [0.3, 0.4) is 0 Å². The predicted octanol–water partition coefficient (Wildman–Crippen LogP) is 4.79. The van der Waals surface area contributed by atoms with Crippen molar-refractivity contribution in [3.05, 3.63) is 23.0 Å². The first-order valence-corrected chi connectivity index (χ1v) is 7.41. The first kappa shape index (κ1) is 16.8. The molecule has 0 aliphatic heterocycles. The van der Waals surface area contributed by atoms with E-state index in [0.717, 1.165) is 11.8 Å². The molecule has 108 valence electrons. The average molecular weight is 308 g/mol. The van der Waals surface area contributed by atoms with Crippen molar-refractivity contribution < 1.29 is 13.2 Å². The summed E-state index contributed by atoms with van der Waals surface area (Å²) in [7, 11) is 2.20. The van der Waals surface area contributed by atoms with Gasteiger partial charge in [-0.3, -0.25) is 0 Å². The van der Waals surface area contributed by atoms with Crippen LogP contribution in [-0.4, -0.2) is 4.75 Å². The fraction of sp³-hybridized carbons (Fsp3) is 0.571. The van der Waals surface area contributed by atoms with E-state index in [-0.39, 0.29) is 15.8 Å². The highest BCUT2D eigenvalue weighted by molar-refractivity contribution is 8.00. The fourth-order valence-electron chi connectivity index (χ4n) is 1.79. The van der Waals surface area contributed by atoms with E-state index in [1.165, 1.54) is 0 Å². The van der Waals surface area contributed by atoms with Gasteiger partial charge in [-0.2, -0.15) is 0 Å². The van der Waals surface area contributed by atoms with Crippen LogP contribution in [0.25, 0.3) is 0 Å². The van der Waals surface area contributed by atoms with E-state index in [1.54, 1.807) is 20.8 Å². The van der Waals surface area contributed by atoms with Gasteiger partial charge in [0, 0.05) is 15.6 Å². The first-order valence-electron chi connectivity index (χ1n) is 6.01. The van der Waals surface area contributed by atoms with Crippen LogP contribution in [0, 0.1) is 17.5 Å². The minimum absolute atomic E-state index is 0.0748. The summed E-state index contributed by atoms with van der Waals surface area (Å²) >= 11 is 0.998. The second kappa shape index (κ2) is 5.29. The SMILES string of the molecule is CC(C)(C)Sc1c(F)c(F)c(C(C)(C)C)c(P)c1F. The Labute approximate surface area is 119 Å². The van der Waals surface area contributed by atoms with E-state index in [1.807, 2.05) is 20.8 Å². The summed E-state index contributed by atoms with van der Waals surface area (Å²) in [6.07, 6.45) is 0. The molecule has 0 amide bonds. The third-order valence-corrected chi connectivity index (χ3v) is 4.19. The molecule has 1 aromatic rings. The van der Waals surface area contributed by atoms with Crippen molar-refractivity contribution in [2.75, 3.05) is 0 Å². The van der Waals surface area contributed by atoms with Gasteiger partial charge in [-0.25, -0.2) is 13.2 Å². The standard InChI is InChI=1S/C14H20F3PS/c1-13(2,3)7-8(15)9(16)12(10(17)11(7)18)19-14(4,5)6/h18H2,1-6H3. The zero-order valence-electron chi connectivity index (χ0n) is 12.1. The minimum atomic E-state index is -1.09. The normalized spacial score (nSPS) is 12.9. The molecule has 0 spiro atoms. The topological polar surface area (TPSA) is 0 Å². The smallest absolute Gasteiger partial charge is 0.175 e. The van der Waals surface area contributed by atoms with Crippen molar-refractivity contribution in [3.8, 4) is 0 Å². The second-order valence-corrected chi connectivity index (χ2v) is 8.94. The van der Waals surface area contributed by atoms with Gasteiger partial charge in [-0.1, -0.05) is 41.5 Å². The molecule has 0 aliphatic rings. The summed E-state index contributed by atoms with van der Waals surface area (Å²) in [5.74, 6) is -2.73. The molecular formula is C14H20F3PS. The number of hydrogen-bond donors (Lipinski definition) is 0. The average Bonchev–Trinajstić information content (AvgIpc) is 2.18. The van der Waals surface area contributed by atoms with Gasteiger partial charge in [0.25, 0.3) is 0 Å². The van der Waals surface area contributed by atoms with Crippen LogP contribution in [0.15, 0.2) is 4.90 Å². The van der Waals surface area contributed by atoms with Crippen molar-refractivity contribution in [1.29, 1.82) is 0 Å². The summed E-state index contributed by atoms with van der Waals surface area (Å²) in [6, 6.07) is 0. The van der Waals surface area contributed by atoms with E-state index in [0.29, 0.717) is 0 Å². The molecule has 0 aromatic heterocycles. The summed E-state index contributed by atoms with van der Waals surface area (Å²) in [5, 5.41) is 0.109. The van der Waals surface area contributed by atoms with Gasteiger partial charge in [-0.05, 0) is 5.41 Å². The van der Waals surface area contributed by atoms with Crippen LogP contribution in [0.2, 0.25) is 0 Å². The van der Waals surface area contributed by atoms with E-state index >= 15 is 0 Å². The highest BCUT2D eigenvalue weighted by Crippen LogP contribution is 2.39. The van der Waals surface area contributed by atoms with Crippen molar-refractivity contribution in [2.45, 2.75) is 56.6 Å². The van der Waals surface area contributed by atoms with Crippen LogP contribution in [0.5, 0.6) is 0 Å². The Morgan fingerprint density at radius 3 is 1.68 bits per heavy atom. The van der Waals surface area contributed by atoms with E-state index in [4.69, 9.17) is 0 Å². The quantitative estimate of drug-likeness (QED) is 0.408. The van der Waals surface area contributed by atoms with Crippen molar-refractivity contribution >= 4 is 26.3 Å². The molecule has 1 atom stereocenters. The number of halogens is 3. The third-order valence-electron chi connectivity index (χ3n) is 2.47. The fourth-order valence-corrected chi connectivity index (χ4v) is 3.58. The first-order chi connectivity index (χ1) is 8.36. The zero-order valence-corrected chi connectivity index (χ0v) is 14.1. The van der Waals surface area contributed by atoms with Crippen molar-refractivity contribution in [1.82, 2.24) is 0 Å². The number of thioether (sulfide) groups is 1. The Hall–Kier alpha value is -0.210. The van der Waals surface area contributed by atoms with Gasteiger partial charge >= 0.3 is 0 Å². The van der Waals surface area contributed by atoms with Crippen LogP contribution < -0.4 is 5.30 Å². The Kier molecular flexibility index (Phi) is 4.69. The highest BCUT2D eigenvalue weighted by Gasteiger charge is 2.31. The van der Waals surface area contributed by atoms with E-state index in [2.05, 4.69) is 9.24 Å². The van der Waals surface area contributed by atoms with Crippen molar-refractivity contribution in [3.63, 3.8) is 0 Å². The second-order valence-electron chi connectivity index (χ2n) is 6.52. The van der Waals surface area contributed by atoms with Gasteiger partial charge in [0.1, 0.15) is 5.82 Å². The maximum Gasteiger partial charge on any atom is 0.175 e. The van der Waals surface area contributed by atoms with Crippen LogP contribution in [-0.2, 0) is 5.41 Å². The molecule has 0 heterocycles. The lowest BCUT2D eigenvalue weighted by atomic mass is 9.86. The number of hydrogen-bond acceptors (Lipinski definition) is 1. The maximum atomic E-state index is 14.3. The van der Waals surface area contributed by atoms with Gasteiger partial charge in [0.05, 0.1) is 4.90 Å². The van der Waals surface area contributed by atoms with E-state index < -0.39 is 27.6 Å². The molecule has 0 bridgehead atoms. The molecule has 0 saturated heterocycles. The molecule has 0 aliphatic carbocycles. The lowest BCUT2D eigenvalue weighted by Gasteiger charge is -2.26. The molecule has 0 radical (unpaired) electrons. The largest absolute Gasteiger partial charge is 0.205 e. The predicted molar refractivity (Wildman–Crippen MR) is 80.0 cm³/mol. The Morgan fingerprint density at radius 1 is 0.842 bits per heavy atom. The minimum Gasteiger partial charge on any atom is -0.205 e. The van der Waals surface area contributed by atoms with Crippen molar-refractivity contribution in [2.24, 2.45) is 0 Å². The summed E-state index contributed by atoms with van der Waals surface area (Å²) in [6.45, 7) is 10.7. The molecule has 0 N–H and O–H groups in total. The van der Waals surface area contributed by atoms with Gasteiger partial charge in [0.15, 0.2) is 11.6 Å². The van der Waals surface area contributed by atoms with Gasteiger partial charge < -0.3 is 0 Å². The molecule has 5 heteroatoms. The van der Waals surface area contributed by atoms with Crippen LogP contribution in [0.1, 0.15) is 47.1 Å². The molecule has 1 unspecified atom stereocenters. The van der Waals surface area contributed by atoms with E-state index in [9.17, 15) is 13.2 Å². The van der Waals surface area contributed by atoms with Crippen LogP contribution >= 0.6 is 21.0 Å². The molecule has 1 aromatic carbocycles. The zero-order chi connectivity index (χ0) is 15.2. The summed E-state index contributed by atoms with van der Waals surface area (Å²) in [4.78, 5) is -0.247. The lowest BCUT2D eigenvalue weighted by molar-refractivity contribution is 0.437. The summed E-state index contributed by atoms with van der Waals surface area (Å²) in [5.41, 5.74) is -0.584. The molecule has 0 nitrogen and oxygen atoms in total.